The normalized spacial score (nSPS) is 9.45. The molecule has 0 saturated carbocycles. The first-order chi connectivity index (χ1) is 9.08. The number of nitrogens with zero attached hydrogens (tertiary/aromatic N) is 2. The number of carbonyl (C=O) groups is 1. The van der Waals surface area contributed by atoms with Gasteiger partial charge < -0.3 is 10.8 Å². The number of nitro groups is 1. The van der Waals surface area contributed by atoms with Crippen molar-refractivity contribution in [3.05, 3.63) is 63.4 Å². The van der Waals surface area contributed by atoms with E-state index in [2.05, 4.69) is 10.3 Å². The van der Waals surface area contributed by atoms with Crippen molar-refractivity contribution in [1.82, 2.24) is 4.98 Å². The topological polar surface area (TPSA) is 117 Å². The summed E-state index contributed by atoms with van der Waals surface area (Å²) in [6.07, 6.45) is 1.46. The Kier molecular flexibility index (Phi) is 5.13. The molecule has 0 fully saturated rings. The number of carbonyl (C=O) groups excluding carboxylic acids is 1. The number of benzene rings is 1. The van der Waals surface area contributed by atoms with E-state index in [0.717, 1.165) is 0 Å². The van der Waals surface area contributed by atoms with E-state index in [1.807, 2.05) is 0 Å². The average molecular weight is 296 g/mol. The molecule has 7 nitrogen and oxygen atoms in total. The second kappa shape index (κ2) is 6.60. The van der Waals surface area contributed by atoms with E-state index in [0.29, 0.717) is 5.69 Å². The van der Waals surface area contributed by atoms with Gasteiger partial charge in [0.15, 0.2) is 0 Å². The highest BCUT2D eigenvalue weighted by Crippen LogP contribution is 2.19. The molecule has 0 saturated heterocycles. The Labute approximate surface area is 118 Å². The summed E-state index contributed by atoms with van der Waals surface area (Å²) in [5.74, 6) is -0.474. The van der Waals surface area contributed by atoms with Crippen LogP contribution >= 0.6 is 11.6 Å². The Balaban J connectivity index is 0.00000200. The highest BCUT2D eigenvalue weighted by Gasteiger charge is 2.12. The maximum absolute atomic E-state index is 11.9. The van der Waals surface area contributed by atoms with Crippen molar-refractivity contribution in [1.29, 1.82) is 0 Å². The van der Waals surface area contributed by atoms with Crippen LogP contribution < -0.4 is 5.32 Å². The van der Waals surface area contributed by atoms with Gasteiger partial charge in [-0.15, -0.1) is 0 Å². The molecular weight excluding hydrogens is 286 g/mol. The molecule has 0 bridgehead atoms. The summed E-state index contributed by atoms with van der Waals surface area (Å²) >= 11 is 5.79. The Bertz CT molecular complexity index is 648. The van der Waals surface area contributed by atoms with Crippen molar-refractivity contribution in [2.24, 2.45) is 0 Å². The van der Waals surface area contributed by atoms with Crippen molar-refractivity contribution in [3.8, 4) is 0 Å². The van der Waals surface area contributed by atoms with Crippen LogP contribution in [0.5, 0.6) is 0 Å². The zero-order valence-corrected chi connectivity index (χ0v) is 10.8. The third-order valence-electron chi connectivity index (χ3n) is 2.32. The van der Waals surface area contributed by atoms with Crippen molar-refractivity contribution >= 4 is 28.9 Å². The predicted octanol–water partition coefficient (Wildman–Crippen LogP) is 2.07. The van der Waals surface area contributed by atoms with E-state index in [4.69, 9.17) is 11.6 Å². The van der Waals surface area contributed by atoms with Crippen LogP contribution in [0, 0.1) is 10.1 Å². The van der Waals surface area contributed by atoms with E-state index in [1.54, 1.807) is 12.1 Å². The third kappa shape index (κ3) is 3.50. The zero-order valence-electron chi connectivity index (χ0n) is 10.0. The lowest BCUT2D eigenvalue weighted by atomic mass is 10.2. The first kappa shape index (κ1) is 15.5. The molecule has 1 aromatic carbocycles. The van der Waals surface area contributed by atoms with Gasteiger partial charge in [0.1, 0.15) is 5.15 Å². The second-order valence-electron chi connectivity index (χ2n) is 3.60. The molecule has 8 heteroatoms. The molecule has 1 amide bonds. The van der Waals surface area contributed by atoms with Gasteiger partial charge in [-0.2, -0.15) is 0 Å². The van der Waals surface area contributed by atoms with Crippen LogP contribution in [0.15, 0.2) is 42.6 Å². The fraction of sp³-hybridized carbons (Fsp3) is 0. The van der Waals surface area contributed by atoms with Crippen LogP contribution in [0.2, 0.25) is 5.15 Å². The van der Waals surface area contributed by atoms with E-state index < -0.39 is 10.8 Å². The number of rotatable bonds is 3. The highest BCUT2D eigenvalue weighted by molar-refractivity contribution is 6.33. The molecule has 2 rings (SSSR count). The number of nitro benzene ring substituents is 1. The SMILES string of the molecule is O.O=C(Nc1cccc([N+](=O)[O-])c1)c1cccnc1Cl. The van der Waals surface area contributed by atoms with Crippen molar-refractivity contribution < 1.29 is 15.2 Å². The summed E-state index contributed by atoms with van der Waals surface area (Å²) in [6, 6.07) is 8.74. The third-order valence-corrected chi connectivity index (χ3v) is 2.62. The Morgan fingerprint density at radius 3 is 2.70 bits per heavy atom. The summed E-state index contributed by atoms with van der Waals surface area (Å²) < 4.78 is 0. The Morgan fingerprint density at radius 2 is 2.05 bits per heavy atom. The molecule has 0 aliphatic rings. The molecule has 0 aliphatic heterocycles. The fourth-order valence-electron chi connectivity index (χ4n) is 1.45. The van der Waals surface area contributed by atoms with E-state index in [9.17, 15) is 14.9 Å². The number of hydrogen-bond donors (Lipinski definition) is 1. The molecule has 0 radical (unpaired) electrons. The van der Waals surface area contributed by atoms with E-state index >= 15 is 0 Å². The van der Waals surface area contributed by atoms with E-state index in [-0.39, 0.29) is 21.9 Å². The predicted molar refractivity (Wildman–Crippen MR) is 73.9 cm³/mol. The number of halogens is 1. The van der Waals surface area contributed by atoms with Gasteiger partial charge in [-0.1, -0.05) is 17.7 Å². The van der Waals surface area contributed by atoms with Crippen LogP contribution in [0.25, 0.3) is 0 Å². The van der Waals surface area contributed by atoms with Gasteiger partial charge >= 0.3 is 0 Å². The molecule has 1 aromatic heterocycles. The van der Waals surface area contributed by atoms with Gasteiger partial charge in [0.2, 0.25) is 0 Å². The van der Waals surface area contributed by atoms with Crippen LogP contribution in [0.1, 0.15) is 10.4 Å². The molecule has 2 aromatic rings. The lowest BCUT2D eigenvalue weighted by Gasteiger charge is -2.05. The van der Waals surface area contributed by atoms with Gasteiger partial charge in [0, 0.05) is 24.0 Å². The monoisotopic (exact) mass is 295 g/mol. The summed E-state index contributed by atoms with van der Waals surface area (Å²) in [6.45, 7) is 0. The van der Waals surface area contributed by atoms with Crippen molar-refractivity contribution in [3.63, 3.8) is 0 Å². The Hall–Kier alpha value is -2.51. The minimum atomic E-state index is -0.535. The highest BCUT2D eigenvalue weighted by atomic mass is 35.5. The first-order valence-corrected chi connectivity index (χ1v) is 5.62. The van der Waals surface area contributed by atoms with Gasteiger partial charge in [-0.05, 0) is 18.2 Å². The maximum atomic E-state index is 11.9. The molecule has 3 N–H and O–H groups in total. The number of aromatic nitrogens is 1. The average Bonchev–Trinajstić information content (AvgIpc) is 2.39. The number of non-ortho nitro benzene ring substituents is 1. The molecule has 0 unspecified atom stereocenters. The molecule has 1 heterocycles. The standard InChI is InChI=1S/C12H8ClN3O3.H2O/c13-11-10(5-2-6-14-11)12(17)15-8-3-1-4-9(7-8)16(18)19;/h1-7H,(H,15,17);1H2. The van der Waals surface area contributed by atoms with Crippen LogP contribution in [0.4, 0.5) is 11.4 Å². The number of amides is 1. The largest absolute Gasteiger partial charge is 0.412 e. The minimum Gasteiger partial charge on any atom is -0.412 e. The zero-order chi connectivity index (χ0) is 13.8. The molecule has 0 atom stereocenters. The van der Waals surface area contributed by atoms with E-state index in [1.165, 1.54) is 30.5 Å². The number of anilines is 1. The van der Waals surface area contributed by atoms with Crippen molar-refractivity contribution in [2.75, 3.05) is 5.32 Å². The number of nitrogens with one attached hydrogen (secondary N) is 1. The van der Waals surface area contributed by atoms with Gasteiger partial charge in [0.25, 0.3) is 11.6 Å². The summed E-state index contributed by atoms with van der Waals surface area (Å²) in [4.78, 5) is 25.8. The van der Waals surface area contributed by atoms with Crippen molar-refractivity contribution in [2.45, 2.75) is 0 Å². The minimum absolute atomic E-state index is 0. The van der Waals surface area contributed by atoms with Gasteiger partial charge in [-0.25, -0.2) is 4.98 Å². The van der Waals surface area contributed by atoms with Gasteiger partial charge in [-0.3, -0.25) is 14.9 Å². The quantitative estimate of drug-likeness (QED) is 0.530. The second-order valence-corrected chi connectivity index (χ2v) is 3.96. The fourth-order valence-corrected chi connectivity index (χ4v) is 1.66. The number of hydrogen-bond acceptors (Lipinski definition) is 4. The molecular formula is C12H10ClN3O4. The molecule has 0 aliphatic carbocycles. The smallest absolute Gasteiger partial charge is 0.271 e. The Morgan fingerprint density at radius 1 is 1.30 bits per heavy atom. The number of pyridine rings is 1. The molecule has 104 valence electrons. The molecule has 20 heavy (non-hydrogen) atoms. The summed E-state index contributed by atoms with van der Waals surface area (Å²) in [5, 5.41) is 13.2. The lowest BCUT2D eigenvalue weighted by Crippen LogP contribution is -2.12. The lowest BCUT2D eigenvalue weighted by molar-refractivity contribution is -0.384. The van der Waals surface area contributed by atoms with Crippen LogP contribution in [-0.2, 0) is 0 Å². The summed E-state index contributed by atoms with van der Waals surface area (Å²) in [7, 11) is 0. The first-order valence-electron chi connectivity index (χ1n) is 5.24. The van der Waals surface area contributed by atoms with Crippen LogP contribution in [-0.4, -0.2) is 21.3 Å². The summed E-state index contributed by atoms with van der Waals surface area (Å²) in [5.41, 5.74) is 0.421. The van der Waals surface area contributed by atoms with Gasteiger partial charge in [0.05, 0.1) is 10.5 Å². The molecule has 0 spiro atoms. The maximum Gasteiger partial charge on any atom is 0.271 e. The van der Waals surface area contributed by atoms with Crippen LogP contribution in [0.3, 0.4) is 0 Å².